The van der Waals surface area contributed by atoms with Crippen molar-refractivity contribution in [3.8, 4) is 0 Å². The third-order valence-corrected chi connectivity index (χ3v) is 3.87. The van der Waals surface area contributed by atoms with Crippen molar-refractivity contribution in [2.75, 3.05) is 43.0 Å². The number of hydrogen-bond acceptors (Lipinski definition) is 8. The first-order valence-corrected chi connectivity index (χ1v) is 8.30. The van der Waals surface area contributed by atoms with Crippen LogP contribution in [0.5, 0.6) is 0 Å². The largest absolute Gasteiger partial charge is 0.450 e. The third kappa shape index (κ3) is 4.08. The maximum Gasteiger partial charge on any atom is 0.409 e. The number of carbonyl (C=O) groups excluding carboxylic acids is 2. The quantitative estimate of drug-likeness (QED) is 0.868. The Kier molecular flexibility index (Phi) is 5.30. The number of carbonyl (C=O) groups is 2. The van der Waals surface area contributed by atoms with E-state index in [0.29, 0.717) is 50.2 Å². The summed E-state index contributed by atoms with van der Waals surface area (Å²) in [5, 5.41) is 6.29. The van der Waals surface area contributed by atoms with Gasteiger partial charge >= 0.3 is 6.09 Å². The lowest BCUT2D eigenvalue weighted by Crippen LogP contribution is -2.49. The van der Waals surface area contributed by atoms with E-state index in [9.17, 15) is 9.59 Å². The molecule has 1 aliphatic rings. The van der Waals surface area contributed by atoms with Crippen LogP contribution in [0.15, 0.2) is 23.0 Å². The molecule has 1 saturated heterocycles. The number of amides is 2. The average Bonchev–Trinajstić information content (AvgIpc) is 3.07. The van der Waals surface area contributed by atoms with Gasteiger partial charge in [0.05, 0.1) is 19.0 Å². The molecule has 1 fully saturated rings. The predicted octanol–water partition coefficient (Wildman–Crippen LogP) is 1.30. The first-order valence-electron chi connectivity index (χ1n) is 8.30. The minimum Gasteiger partial charge on any atom is -0.450 e. The van der Waals surface area contributed by atoms with Crippen molar-refractivity contribution in [3.63, 3.8) is 0 Å². The minimum absolute atomic E-state index is 0.180. The average molecular weight is 360 g/mol. The van der Waals surface area contributed by atoms with Gasteiger partial charge in [0.25, 0.3) is 5.91 Å². The normalized spacial score (nSPS) is 14.2. The Balaban J connectivity index is 1.56. The van der Waals surface area contributed by atoms with Crippen molar-refractivity contribution in [1.82, 2.24) is 20.0 Å². The van der Waals surface area contributed by atoms with Crippen molar-refractivity contribution in [2.24, 2.45) is 0 Å². The van der Waals surface area contributed by atoms with Crippen LogP contribution in [0.2, 0.25) is 0 Å². The van der Waals surface area contributed by atoms with E-state index in [1.165, 1.54) is 6.20 Å². The van der Waals surface area contributed by atoms with Crippen molar-refractivity contribution < 1.29 is 18.8 Å². The molecule has 138 valence electrons. The molecule has 0 bridgehead atoms. The zero-order valence-corrected chi connectivity index (χ0v) is 14.6. The molecule has 3 rings (SSSR count). The summed E-state index contributed by atoms with van der Waals surface area (Å²) >= 11 is 0. The highest BCUT2D eigenvalue weighted by molar-refractivity contribution is 6.02. The second kappa shape index (κ2) is 7.81. The standard InChI is InChI=1S/C16H20N6O4/c1-3-25-16(24)22-6-4-21(5-7-22)14-10-17-12(9-18-14)15(23)19-13-8-11(2)26-20-13/h8-10H,3-7H2,1-2H3,(H,19,20,23). The van der Waals surface area contributed by atoms with Gasteiger partial charge in [-0.15, -0.1) is 0 Å². The zero-order chi connectivity index (χ0) is 18.5. The first-order chi connectivity index (χ1) is 12.6. The maximum atomic E-state index is 12.1. The molecule has 2 aromatic heterocycles. The molecule has 1 aliphatic heterocycles. The van der Waals surface area contributed by atoms with Crippen LogP contribution < -0.4 is 10.2 Å². The smallest absolute Gasteiger partial charge is 0.409 e. The third-order valence-electron chi connectivity index (χ3n) is 3.87. The van der Waals surface area contributed by atoms with Crippen LogP contribution in [0.1, 0.15) is 23.2 Å². The van der Waals surface area contributed by atoms with Gasteiger partial charge < -0.3 is 24.4 Å². The van der Waals surface area contributed by atoms with Crippen LogP contribution in [0.3, 0.4) is 0 Å². The number of aryl methyl sites for hydroxylation is 1. The van der Waals surface area contributed by atoms with Gasteiger partial charge in [-0.1, -0.05) is 5.16 Å². The molecule has 0 aromatic carbocycles. The Morgan fingerprint density at radius 1 is 1.23 bits per heavy atom. The van der Waals surface area contributed by atoms with E-state index in [2.05, 4.69) is 20.4 Å². The van der Waals surface area contributed by atoms with Gasteiger partial charge in [-0.25, -0.2) is 14.8 Å². The number of piperazine rings is 1. The number of anilines is 2. The van der Waals surface area contributed by atoms with Crippen LogP contribution in [0.25, 0.3) is 0 Å². The molecular weight excluding hydrogens is 340 g/mol. The molecule has 0 aliphatic carbocycles. The number of nitrogens with one attached hydrogen (secondary N) is 1. The second-order valence-corrected chi connectivity index (χ2v) is 5.71. The molecule has 10 nitrogen and oxygen atoms in total. The zero-order valence-electron chi connectivity index (χ0n) is 14.6. The Hall–Kier alpha value is -3.17. The van der Waals surface area contributed by atoms with Gasteiger partial charge in [0.1, 0.15) is 17.3 Å². The highest BCUT2D eigenvalue weighted by atomic mass is 16.6. The minimum atomic E-state index is -0.413. The molecule has 10 heteroatoms. The van der Waals surface area contributed by atoms with Crippen LogP contribution in [0, 0.1) is 6.92 Å². The molecule has 0 radical (unpaired) electrons. The maximum absolute atomic E-state index is 12.1. The summed E-state index contributed by atoms with van der Waals surface area (Å²) < 4.78 is 9.90. The number of rotatable bonds is 4. The van der Waals surface area contributed by atoms with E-state index in [1.54, 1.807) is 31.0 Å². The summed E-state index contributed by atoms with van der Waals surface area (Å²) in [5.41, 5.74) is 0.180. The summed E-state index contributed by atoms with van der Waals surface area (Å²) in [7, 11) is 0. The van der Waals surface area contributed by atoms with Crippen molar-refractivity contribution in [2.45, 2.75) is 13.8 Å². The number of ether oxygens (including phenoxy) is 1. The van der Waals surface area contributed by atoms with Gasteiger partial charge in [0.2, 0.25) is 0 Å². The van der Waals surface area contributed by atoms with Crippen LogP contribution in [0.4, 0.5) is 16.4 Å². The van der Waals surface area contributed by atoms with Gasteiger partial charge in [-0.3, -0.25) is 4.79 Å². The summed E-state index contributed by atoms with van der Waals surface area (Å²) in [6.07, 6.45) is 2.66. The molecule has 26 heavy (non-hydrogen) atoms. The number of aromatic nitrogens is 3. The molecule has 0 spiro atoms. The Morgan fingerprint density at radius 3 is 2.58 bits per heavy atom. The first kappa shape index (κ1) is 17.6. The van der Waals surface area contributed by atoms with Gasteiger partial charge in [0.15, 0.2) is 5.82 Å². The molecule has 2 amide bonds. The van der Waals surface area contributed by atoms with Crippen LogP contribution >= 0.6 is 0 Å². The topological polar surface area (TPSA) is 114 Å². The summed E-state index contributed by atoms with van der Waals surface area (Å²) in [6, 6.07) is 1.61. The summed E-state index contributed by atoms with van der Waals surface area (Å²) in [5.74, 6) is 1.17. The highest BCUT2D eigenvalue weighted by Gasteiger charge is 2.23. The SMILES string of the molecule is CCOC(=O)N1CCN(c2cnc(C(=O)Nc3cc(C)on3)cn2)CC1. The molecule has 0 atom stereocenters. The van der Waals surface area contributed by atoms with Crippen molar-refractivity contribution >= 4 is 23.6 Å². The van der Waals surface area contributed by atoms with E-state index in [4.69, 9.17) is 9.26 Å². The lowest BCUT2D eigenvalue weighted by Gasteiger charge is -2.34. The molecule has 1 N–H and O–H groups in total. The van der Waals surface area contributed by atoms with Crippen LogP contribution in [-0.4, -0.2) is 64.8 Å². The molecular formula is C16H20N6O4. The van der Waals surface area contributed by atoms with E-state index >= 15 is 0 Å². The lowest BCUT2D eigenvalue weighted by molar-refractivity contribution is 0.101. The second-order valence-electron chi connectivity index (χ2n) is 5.71. The van der Waals surface area contributed by atoms with Gasteiger partial charge in [-0.2, -0.15) is 0 Å². The van der Waals surface area contributed by atoms with Crippen molar-refractivity contribution in [3.05, 3.63) is 29.9 Å². The fourth-order valence-electron chi connectivity index (χ4n) is 2.54. The number of nitrogens with zero attached hydrogens (tertiary/aromatic N) is 5. The number of hydrogen-bond donors (Lipinski definition) is 1. The molecule has 2 aromatic rings. The molecule has 0 unspecified atom stereocenters. The van der Waals surface area contributed by atoms with E-state index in [0.717, 1.165) is 0 Å². The van der Waals surface area contributed by atoms with E-state index in [1.807, 2.05) is 4.90 Å². The molecule has 0 saturated carbocycles. The Bertz CT molecular complexity index is 767. The van der Waals surface area contributed by atoms with Crippen molar-refractivity contribution in [1.29, 1.82) is 0 Å². The summed E-state index contributed by atoms with van der Waals surface area (Å²) in [6.45, 7) is 6.23. The highest BCUT2D eigenvalue weighted by Crippen LogP contribution is 2.14. The Morgan fingerprint density at radius 2 is 2.00 bits per heavy atom. The summed E-state index contributed by atoms with van der Waals surface area (Å²) in [4.78, 5) is 36.0. The van der Waals surface area contributed by atoms with Gasteiger partial charge in [0, 0.05) is 32.2 Å². The van der Waals surface area contributed by atoms with E-state index in [-0.39, 0.29) is 11.8 Å². The molecule has 3 heterocycles. The lowest BCUT2D eigenvalue weighted by atomic mass is 10.3. The van der Waals surface area contributed by atoms with Crippen LogP contribution in [-0.2, 0) is 4.74 Å². The predicted molar refractivity (Wildman–Crippen MR) is 92.0 cm³/mol. The monoisotopic (exact) mass is 360 g/mol. The fraction of sp³-hybridized carbons (Fsp3) is 0.438. The fourth-order valence-corrected chi connectivity index (χ4v) is 2.54. The van der Waals surface area contributed by atoms with E-state index < -0.39 is 5.91 Å². The van der Waals surface area contributed by atoms with Gasteiger partial charge in [-0.05, 0) is 13.8 Å². The Labute approximate surface area is 150 Å².